The van der Waals surface area contributed by atoms with Crippen LogP contribution in [0.2, 0.25) is 10.0 Å². The highest BCUT2D eigenvalue weighted by Crippen LogP contribution is 2.19. The molecule has 3 rings (SSSR count). The lowest BCUT2D eigenvalue weighted by Crippen LogP contribution is -2.25. The maximum absolute atomic E-state index is 12.3. The highest BCUT2D eigenvalue weighted by atomic mass is 35.5. The molecule has 3 aromatic rings. The number of pyridine rings is 1. The molecule has 0 bridgehead atoms. The van der Waals surface area contributed by atoms with E-state index in [2.05, 4.69) is 15.4 Å². The maximum Gasteiger partial charge on any atom is 0.252 e. The third-order valence-electron chi connectivity index (χ3n) is 3.75. The second-order valence-corrected chi connectivity index (χ2v) is 6.46. The molecular weight excluding hydrogens is 347 g/mol. The Morgan fingerprint density at radius 3 is 2.62 bits per heavy atom. The normalized spacial score (nSPS) is 11.0. The molecule has 2 heterocycles. The second-order valence-electron chi connectivity index (χ2n) is 5.59. The van der Waals surface area contributed by atoms with Gasteiger partial charge in [-0.2, -0.15) is 5.10 Å². The van der Waals surface area contributed by atoms with Crippen LogP contribution in [-0.4, -0.2) is 27.2 Å². The Labute approximate surface area is 149 Å². The quantitative estimate of drug-likeness (QED) is 0.771. The Bertz CT molecular complexity index is 900. The molecule has 1 amide bonds. The third kappa shape index (κ3) is 3.52. The zero-order chi connectivity index (χ0) is 17.3. The van der Waals surface area contributed by atoms with Crippen LogP contribution in [0.15, 0.2) is 30.5 Å². The molecule has 0 fully saturated rings. The van der Waals surface area contributed by atoms with Gasteiger partial charge in [0.2, 0.25) is 0 Å². The standard InChI is InChI=1S/C17H16Cl2N4O/c1-10-15-7-12(9-21-16(15)23(2)22-10)17(24)20-4-3-11-5-13(18)8-14(19)6-11/h5-9H,3-4H2,1-2H3,(H,20,24). The van der Waals surface area contributed by atoms with E-state index in [9.17, 15) is 4.79 Å². The minimum absolute atomic E-state index is 0.166. The Morgan fingerprint density at radius 2 is 1.92 bits per heavy atom. The van der Waals surface area contributed by atoms with Crippen molar-refractivity contribution in [1.82, 2.24) is 20.1 Å². The smallest absolute Gasteiger partial charge is 0.252 e. The Morgan fingerprint density at radius 1 is 1.21 bits per heavy atom. The zero-order valence-electron chi connectivity index (χ0n) is 13.3. The van der Waals surface area contributed by atoms with Crippen molar-refractivity contribution in [2.45, 2.75) is 13.3 Å². The van der Waals surface area contributed by atoms with E-state index in [0.717, 1.165) is 22.3 Å². The number of halogens is 2. The van der Waals surface area contributed by atoms with Crippen molar-refractivity contribution in [2.24, 2.45) is 7.05 Å². The number of hydrogen-bond acceptors (Lipinski definition) is 3. The van der Waals surface area contributed by atoms with E-state index >= 15 is 0 Å². The summed E-state index contributed by atoms with van der Waals surface area (Å²) in [5, 5.41) is 9.25. The molecule has 1 aromatic carbocycles. The average molecular weight is 363 g/mol. The summed E-state index contributed by atoms with van der Waals surface area (Å²) >= 11 is 11.9. The van der Waals surface area contributed by atoms with Crippen LogP contribution >= 0.6 is 23.2 Å². The SMILES string of the molecule is Cc1nn(C)c2ncc(C(=O)NCCc3cc(Cl)cc(Cl)c3)cc12. The monoisotopic (exact) mass is 362 g/mol. The molecule has 0 atom stereocenters. The minimum atomic E-state index is -0.166. The van der Waals surface area contributed by atoms with Gasteiger partial charge in [0.1, 0.15) is 0 Å². The van der Waals surface area contributed by atoms with E-state index in [4.69, 9.17) is 23.2 Å². The fraction of sp³-hybridized carbons (Fsp3) is 0.235. The summed E-state index contributed by atoms with van der Waals surface area (Å²) < 4.78 is 1.70. The molecule has 0 aliphatic carbocycles. The average Bonchev–Trinajstić information content (AvgIpc) is 2.80. The van der Waals surface area contributed by atoms with Gasteiger partial charge in [-0.15, -0.1) is 0 Å². The van der Waals surface area contributed by atoms with Crippen molar-refractivity contribution in [1.29, 1.82) is 0 Å². The molecule has 0 unspecified atom stereocenters. The van der Waals surface area contributed by atoms with Gasteiger partial charge in [0.25, 0.3) is 5.91 Å². The van der Waals surface area contributed by atoms with Gasteiger partial charge >= 0.3 is 0 Å². The Balaban J connectivity index is 1.67. The van der Waals surface area contributed by atoms with Crippen LogP contribution in [0.5, 0.6) is 0 Å². The highest BCUT2D eigenvalue weighted by Gasteiger charge is 2.11. The van der Waals surface area contributed by atoms with Crippen LogP contribution in [0.1, 0.15) is 21.6 Å². The molecule has 0 aliphatic rings. The second kappa shape index (κ2) is 6.79. The van der Waals surface area contributed by atoms with E-state index in [-0.39, 0.29) is 5.91 Å². The molecule has 24 heavy (non-hydrogen) atoms. The number of benzene rings is 1. The third-order valence-corrected chi connectivity index (χ3v) is 4.18. The first-order valence-electron chi connectivity index (χ1n) is 7.46. The first-order valence-corrected chi connectivity index (χ1v) is 8.22. The van der Waals surface area contributed by atoms with E-state index in [1.165, 1.54) is 0 Å². The van der Waals surface area contributed by atoms with Crippen molar-refractivity contribution < 1.29 is 4.79 Å². The van der Waals surface area contributed by atoms with Crippen molar-refractivity contribution in [2.75, 3.05) is 6.54 Å². The number of fused-ring (bicyclic) bond motifs is 1. The number of hydrogen-bond donors (Lipinski definition) is 1. The fourth-order valence-corrected chi connectivity index (χ4v) is 3.18. The summed E-state index contributed by atoms with van der Waals surface area (Å²) in [5.41, 5.74) is 3.10. The predicted molar refractivity (Wildman–Crippen MR) is 95.7 cm³/mol. The summed E-state index contributed by atoms with van der Waals surface area (Å²) in [7, 11) is 1.83. The molecule has 2 aromatic heterocycles. The molecule has 0 aliphatic heterocycles. The van der Waals surface area contributed by atoms with Crippen LogP contribution in [-0.2, 0) is 13.5 Å². The molecule has 0 radical (unpaired) electrons. The molecule has 7 heteroatoms. The van der Waals surface area contributed by atoms with Crippen LogP contribution in [0.3, 0.4) is 0 Å². The fourth-order valence-electron chi connectivity index (χ4n) is 2.61. The topological polar surface area (TPSA) is 59.8 Å². The lowest BCUT2D eigenvalue weighted by molar-refractivity contribution is 0.0954. The molecule has 5 nitrogen and oxygen atoms in total. The van der Waals surface area contributed by atoms with Gasteiger partial charge in [0.15, 0.2) is 5.65 Å². The number of aryl methyl sites for hydroxylation is 2. The molecule has 0 saturated carbocycles. The van der Waals surface area contributed by atoms with Crippen LogP contribution in [0, 0.1) is 6.92 Å². The maximum atomic E-state index is 12.3. The lowest BCUT2D eigenvalue weighted by atomic mass is 10.1. The molecule has 0 spiro atoms. The molecular formula is C17H16Cl2N4O. The number of aromatic nitrogens is 3. The van der Waals surface area contributed by atoms with Crippen molar-refractivity contribution in [3.8, 4) is 0 Å². The van der Waals surface area contributed by atoms with Crippen LogP contribution in [0.25, 0.3) is 11.0 Å². The number of nitrogens with one attached hydrogen (secondary N) is 1. The summed E-state index contributed by atoms with van der Waals surface area (Å²) in [6.07, 6.45) is 2.21. The number of rotatable bonds is 4. The van der Waals surface area contributed by atoms with E-state index in [1.807, 2.05) is 32.2 Å². The van der Waals surface area contributed by atoms with Gasteiger partial charge in [-0.3, -0.25) is 9.48 Å². The lowest BCUT2D eigenvalue weighted by Gasteiger charge is -2.06. The molecule has 124 valence electrons. The van der Waals surface area contributed by atoms with Crippen molar-refractivity contribution in [3.05, 3.63) is 57.3 Å². The van der Waals surface area contributed by atoms with Gasteiger partial charge in [-0.1, -0.05) is 23.2 Å². The number of carbonyl (C=O) groups is 1. The van der Waals surface area contributed by atoms with Gasteiger partial charge < -0.3 is 5.32 Å². The van der Waals surface area contributed by atoms with Crippen LogP contribution in [0.4, 0.5) is 0 Å². The van der Waals surface area contributed by atoms with E-state index in [1.54, 1.807) is 16.9 Å². The summed E-state index contributed by atoms with van der Waals surface area (Å²) in [6.45, 7) is 2.38. The van der Waals surface area contributed by atoms with Gasteiger partial charge in [-0.25, -0.2) is 4.98 Å². The first-order chi connectivity index (χ1) is 11.4. The Hall–Kier alpha value is -2.11. The minimum Gasteiger partial charge on any atom is -0.352 e. The van der Waals surface area contributed by atoms with Crippen molar-refractivity contribution in [3.63, 3.8) is 0 Å². The number of carbonyl (C=O) groups excluding carboxylic acids is 1. The highest BCUT2D eigenvalue weighted by molar-refractivity contribution is 6.34. The van der Waals surface area contributed by atoms with Gasteiger partial charge in [-0.05, 0) is 43.2 Å². The van der Waals surface area contributed by atoms with E-state index < -0.39 is 0 Å². The zero-order valence-corrected chi connectivity index (χ0v) is 14.8. The van der Waals surface area contributed by atoms with Gasteiger partial charge in [0.05, 0.1) is 11.3 Å². The number of amides is 1. The van der Waals surface area contributed by atoms with Crippen LogP contribution < -0.4 is 5.32 Å². The predicted octanol–water partition coefficient (Wildman–Crippen LogP) is 3.56. The van der Waals surface area contributed by atoms with Crippen molar-refractivity contribution >= 4 is 40.1 Å². The van der Waals surface area contributed by atoms with Gasteiger partial charge in [0, 0.05) is 35.2 Å². The summed E-state index contributed by atoms with van der Waals surface area (Å²) in [5.74, 6) is -0.166. The largest absolute Gasteiger partial charge is 0.352 e. The summed E-state index contributed by atoms with van der Waals surface area (Å²) in [4.78, 5) is 16.6. The Kier molecular flexibility index (Phi) is 4.73. The summed E-state index contributed by atoms with van der Waals surface area (Å²) in [6, 6.07) is 7.18. The molecule has 0 saturated heterocycles. The molecule has 1 N–H and O–H groups in total. The first kappa shape index (κ1) is 16.7. The number of nitrogens with zero attached hydrogens (tertiary/aromatic N) is 3. The van der Waals surface area contributed by atoms with E-state index in [0.29, 0.717) is 28.6 Å².